The van der Waals surface area contributed by atoms with Crippen molar-refractivity contribution in [3.05, 3.63) is 35.4 Å². The van der Waals surface area contributed by atoms with Gasteiger partial charge in [-0.05, 0) is 30.7 Å². The number of carbonyl (C=O) groups is 3. The SMILES string of the molecule is O=C(O)c1ccc(C(=O)NN2CCCNC2=O)cc1. The van der Waals surface area contributed by atoms with Crippen molar-refractivity contribution in [3.63, 3.8) is 0 Å². The Labute approximate surface area is 109 Å². The highest BCUT2D eigenvalue weighted by atomic mass is 16.4. The molecule has 7 nitrogen and oxygen atoms in total. The Morgan fingerprint density at radius 1 is 1.21 bits per heavy atom. The van der Waals surface area contributed by atoms with Crippen molar-refractivity contribution >= 4 is 17.9 Å². The van der Waals surface area contributed by atoms with Gasteiger partial charge in [-0.15, -0.1) is 0 Å². The molecule has 3 N–H and O–H groups in total. The van der Waals surface area contributed by atoms with Gasteiger partial charge in [0.15, 0.2) is 0 Å². The number of urea groups is 1. The molecule has 0 unspecified atom stereocenters. The molecule has 1 aliphatic heterocycles. The maximum Gasteiger partial charge on any atom is 0.336 e. The second-order valence-corrected chi connectivity index (χ2v) is 4.06. The molecule has 0 radical (unpaired) electrons. The molecule has 0 bridgehead atoms. The molecule has 7 heteroatoms. The molecule has 1 aromatic carbocycles. The average molecular weight is 263 g/mol. The van der Waals surface area contributed by atoms with Crippen LogP contribution < -0.4 is 10.7 Å². The second kappa shape index (κ2) is 5.38. The minimum atomic E-state index is -1.05. The van der Waals surface area contributed by atoms with Crippen LogP contribution in [0.3, 0.4) is 0 Å². The summed E-state index contributed by atoms with van der Waals surface area (Å²) in [5, 5.41) is 12.6. The van der Waals surface area contributed by atoms with Crippen LogP contribution in [0.2, 0.25) is 0 Å². The standard InChI is InChI=1S/C12H13N3O4/c16-10(14-15-7-1-6-13-12(15)19)8-2-4-9(5-3-8)11(17)18/h2-5H,1,6-7H2,(H,13,19)(H,14,16)(H,17,18). The van der Waals surface area contributed by atoms with Crippen LogP contribution >= 0.6 is 0 Å². The summed E-state index contributed by atoms with van der Waals surface area (Å²) in [5.41, 5.74) is 2.87. The molecule has 0 atom stereocenters. The zero-order valence-electron chi connectivity index (χ0n) is 10.0. The lowest BCUT2D eigenvalue weighted by Gasteiger charge is -2.27. The van der Waals surface area contributed by atoms with Crippen LogP contribution in [0, 0.1) is 0 Å². The number of aromatic carboxylic acids is 1. The summed E-state index contributed by atoms with van der Waals surface area (Å²) >= 11 is 0. The Hall–Kier alpha value is -2.57. The quantitative estimate of drug-likeness (QED) is 0.737. The number of carbonyl (C=O) groups excluding carboxylic acids is 2. The van der Waals surface area contributed by atoms with Gasteiger partial charge >= 0.3 is 12.0 Å². The van der Waals surface area contributed by atoms with E-state index in [9.17, 15) is 14.4 Å². The van der Waals surface area contributed by atoms with Gasteiger partial charge in [0.1, 0.15) is 0 Å². The van der Waals surface area contributed by atoms with Gasteiger partial charge in [-0.25, -0.2) is 14.6 Å². The number of amides is 3. The average Bonchev–Trinajstić information content (AvgIpc) is 2.41. The Morgan fingerprint density at radius 3 is 2.42 bits per heavy atom. The predicted octanol–water partition coefficient (Wildman–Crippen LogP) is 0.445. The maximum absolute atomic E-state index is 11.9. The van der Waals surface area contributed by atoms with Crippen molar-refractivity contribution in [2.24, 2.45) is 0 Å². The van der Waals surface area contributed by atoms with Crippen molar-refractivity contribution in [1.29, 1.82) is 0 Å². The third kappa shape index (κ3) is 3.01. The molecular formula is C12H13N3O4. The van der Waals surface area contributed by atoms with Crippen molar-refractivity contribution in [3.8, 4) is 0 Å². The fourth-order valence-corrected chi connectivity index (χ4v) is 1.69. The first-order chi connectivity index (χ1) is 9.08. The lowest BCUT2D eigenvalue weighted by atomic mass is 10.1. The molecular weight excluding hydrogens is 250 g/mol. The van der Waals surface area contributed by atoms with Crippen LogP contribution in [0.25, 0.3) is 0 Å². The molecule has 19 heavy (non-hydrogen) atoms. The van der Waals surface area contributed by atoms with Crippen LogP contribution in [-0.2, 0) is 0 Å². The molecule has 3 amide bonds. The summed E-state index contributed by atoms with van der Waals surface area (Å²) in [4.78, 5) is 34.0. The highest BCUT2D eigenvalue weighted by Crippen LogP contribution is 2.05. The summed E-state index contributed by atoms with van der Waals surface area (Å²) in [7, 11) is 0. The Kier molecular flexibility index (Phi) is 3.65. The van der Waals surface area contributed by atoms with E-state index in [0.717, 1.165) is 6.42 Å². The number of hydrogen-bond acceptors (Lipinski definition) is 3. The molecule has 1 fully saturated rings. The van der Waals surface area contributed by atoms with Crippen LogP contribution in [0.1, 0.15) is 27.1 Å². The molecule has 0 aliphatic carbocycles. The van der Waals surface area contributed by atoms with Gasteiger partial charge in [0.25, 0.3) is 5.91 Å². The molecule has 1 aromatic rings. The van der Waals surface area contributed by atoms with Gasteiger partial charge in [-0.3, -0.25) is 10.2 Å². The van der Waals surface area contributed by atoms with Crippen molar-refractivity contribution < 1.29 is 19.5 Å². The molecule has 0 saturated carbocycles. The van der Waals surface area contributed by atoms with Crippen LogP contribution in [0.4, 0.5) is 4.79 Å². The highest BCUT2D eigenvalue weighted by Gasteiger charge is 2.20. The van der Waals surface area contributed by atoms with E-state index in [1.807, 2.05) is 0 Å². The van der Waals surface area contributed by atoms with Gasteiger partial charge in [-0.2, -0.15) is 0 Å². The van der Waals surface area contributed by atoms with E-state index in [1.54, 1.807) is 0 Å². The molecule has 0 aromatic heterocycles. The number of carboxylic acid groups (broad SMARTS) is 1. The minimum absolute atomic E-state index is 0.104. The van der Waals surface area contributed by atoms with Gasteiger partial charge < -0.3 is 10.4 Å². The number of rotatable bonds is 3. The van der Waals surface area contributed by atoms with Crippen LogP contribution in [0.15, 0.2) is 24.3 Å². The van der Waals surface area contributed by atoms with Gasteiger partial charge in [0, 0.05) is 18.7 Å². The topological polar surface area (TPSA) is 98.7 Å². The first-order valence-corrected chi connectivity index (χ1v) is 5.77. The summed E-state index contributed by atoms with van der Waals surface area (Å²) in [6.45, 7) is 1.04. The normalized spacial score (nSPS) is 14.7. The minimum Gasteiger partial charge on any atom is -0.478 e. The third-order valence-electron chi connectivity index (χ3n) is 2.71. The maximum atomic E-state index is 11.9. The fraction of sp³-hybridized carbons (Fsp3) is 0.250. The first-order valence-electron chi connectivity index (χ1n) is 5.77. The molecule has 1 heterocycles. The smallest absolute Gasteiger partial charge is 0.336 e. The van der Waals surface area contributed by atoms with E-state index >= 15 is 0 Å². The Morgan fingerprint density at radius 2 is 1.84 bits per heavy atom. The van der Waals surface area contributed by atoms with Gasteiger partial charge in [-0.1, -0.05) is 0 Å². The molecule has 1 aliphatic rings. The zero-order chi connectivity index (χ0) is 13.8. The summed E-state index contributed by atoms with van der Waals surface area (Å²) in [5.74, 6) is -1.50. The Balaban J connectivity index is 2.03. The lowest BCUT2D eigenvalue weighted by molar-refractivity contribution is 0.0695. The van der Waals surface area contributed by atoms with E-state index in [2.05, 4.69) is 10.7 Å². The van der Waals surface area contributed by atoms with E-state index in [1.165, 1.54) is 29.3 Å². The van der Waals surface area contributed by atoms with Gasteiger partial charge in [0.05, 0.1) is 5.56 Å². The first kappa shape index (κ1) is 12.9. The van der Waals surface area contributed by atoms with E-state index in [4.69, 9.17) is 5.11 Å². The number of nitrogens with one attached hydrogen (secondary N) is 2. The summed E-state index contributed by atoms with van der Waals surface area (Å²) < 4.78 is 0. The fourth-order valence-electron chi connectivity index (χ4n) is 1.69. The molecule has 1 saturated heterocycles. The van der Waals surface area contributed by atoms with E-state index < -0.39 is 11.9 Å². The van der Waals surface area contributed by atoms with Crippen molar-refractivity contribution in [1.82, 2.24) is 15.8 Å². The van der Waals surface area contributed by atoms with Crippen molar-refractivity contribution in [2.45, 2.75) is 6.42 Å². The zero-order valence-corrected chi connectivity index (χ0v) is 10.0. The number of benzene rings is 1. The third-order valence-corrected chi connectivity index (χ3v) is 2.71. The monoisotopic (exact) mass is 263 g/mol. The molecule has 2 rings (SSSR count). The predicted molar refractivity (Wildman–Crippen MR) is 65.6 cm³/mol. The summed E-state index contributed by atoms with van der Waals surface area (Å²) in [6.07, 6.45) is 0.754. The second-order valence-electron chi connectivity index (χ2n) is 4.06. The van der Waals surface area contributed by atoms with Gasteiger partial charge in [0.2, 0.25) is 0 Å². The van der Waals surface area contributed by atoms with E-state index in [0.29, 0.717) is 18.7 Å². The summed E-state index contributed by atoms with van der Waals surface area (Å²) in [6, 6.07) is 5.14. The largest absolute Gasteiger partial charge is 0.478 e. The highest BCUT2D eigenvalue weighted by molar-refractivity contribution is 5.96. The Bertz CT molecular complexity index is 512. The van der Waals surface area contributed by atoms with Crippen molar-refractivity contribution in [2.75, 3.05) is 13.1 Å². The molecule has 100 valence electrons. The van der Waals surface area contributed by atoms with Crippen LogP contribution in [0.5, 0.6) is 0 Å². The number of hydrazine groups is 1. The number of carboxylic acids is 1. The number of nitrogens with zero attached hydrogens (tertiary/aromatic N) is 1. The lowest BCUT2D eigenvalue weighted by Crippen LogP contribution is -2.54. The number of hydrogen-bond donors (Lipinski definition) is 3. The molecule has 0 spiro atoms. The van der Waals surface area contributed by atoms with Crippen LogP contribution in [-0.4, -0.2) is 41.1 Å². The van der Waals surface area contributed by atoms with E-state index in [-0.39, 0.29) is 11.6 Å².